The van der Waals surface area contributed by atoms with Crippen LogP contribution in [0.1, 0.15) is 37.8 Å². The van der Waals surface area contributed by atoms with Crippen LogP contribution in [0.4, 0.5) is 4.39 Å². The maximum atomic E-state index is 13.2. The Morgan fingerprint density at radius 2 is 2.07 bits per heavy atom. The van der Waals surface area contributed by atoms with Crippen LogP contribution in [0, 0.1) is 11.7 Å². The van der Waals surface area contributed by atoms with Gasteiger partial charge in [0.1, 0.15) is 5.82 Å². The standard InChI is InChI=1S/C20H32FN5O.HI/c1-4-23-20(26-11-5-6-15(14-26)12-19(22)27)24-13-18(25(2)3)16-7-9-17(21)10-8-16;/h7-10,15,18H,4-6,11-14H2,1-3H3,(H2,22,27)(H,23,24);1H. The van der Waals surface area contributed by atoms with E-state index in [-0.39, 0.29) is 47.7 Å². The summed E-state index contributed by atoms with van der Waals surface area (Å²) in [5, 5.41) is 3.36. The van der Waals surface area contributed by atoms with Gasteiger partial charge in [-0.05, 0) is 57.5 Å². The zero-order chi connectivity index (χ0) is 19.8. The fraction of sp³-hybridized carbons (Fsp3) is 0.600. The summed E-state index contributed by atoms with van der Waals surface area (Å²) in [4.78, 5) is 20.4. The molecule has 1 aliphatic heterocycles. The van der Waals surface area contributed by atoms with E-state index < -0.39 is 0 Å². The van der Waals surface area contributed by atoms with Gasteiger partial charge in [-0.1, -0.05) is 12.1 Å². The van der Waals surface area contributed by atoms with Crippen molar-refractivity contribution in [2.45, 2.75) is 32.2 Å². The first-order valence-electron chi connectivity index (χ1n) is 9.64. The molecule has 1 amide bonds. The number of piperidine rings is 1. The number of amides is 1. The minimum Gasteiger partial charge on any atom is -0.370 e. The zero-order valence-electron chi connectivity index (χ0n) is 17.0. The Morgan fingerprint density at radius 3 is 2.64 bits per heavy atom. The maximum Gasteiger partial charge on any atom is 0.217 e. The second kappa shape index (κ2) is 12.2. The molecule has 1 aromatic carbocycles. The van der Waals surface area contributed by atoms with E-state index in [2.05, 4.69) is 15.1 Å². The van der Waals surface area contributed by atoms with Gasteiger partial charge >= 0.3 is 0 Å². The van der Waals surface area contributed by atoms with Gasteiger partial charge in [0, 0.05) is 26.1 Å². The second-order valence-electron chi connectivity index (χ2n) is 7.35. The average Bonchev–Trinajstić information content (AvgIpc) is 2.62. The topological polar surface area (TPSA) is 74.0 Å². The molecular formula is C20H33FIN5O. The number of nitrogens with two attached hydrogens (primary N) is 1. The molecule has 1 aliphatic rings. The van der Waals surface area contributed by atoms with Crippen molar-refractivity contribution in [3.63, 3.8) is 0 Å². The van der Waals surface area contributed by atoms with Gasteiger partial charge in [-0.25, -0.2) is 4.39 Å². The molecule has 0 radical (unpaired) electrons. The van der Waals surface area contributed by atoms with Crippen LogP contribution in [0.5, 0.6) is 0 Å². The summed E-state index contributed by atoms with van der Waals surface area (Å²) in [6, 6.07) is 6.66. The molecule has 2 rings (SSSR count). The first kappa shape index (κ1) is 24.6. The third-order valence-electron chi connectivity index (χ3n) is 4.94. The summed E-state index contributed by atoms with van der Waals surface area (Å²) >= 11 is 0. The van der Waals surface area contributed by atoms with Gasteiger partial charge in [0.2, 0.25) is 5.91 Å². The Hall–Kier alpha value is -1.42. The molecule has 1 fully saturated rings. The normalized spacial score (nSPS) is 18.5. The number of nitrogens with zero attached hydrogens (tertiary/aromatic N) is 3. The second-order valence-corrected chi connectivity index (χ2v) is 7.35. The molecule has 6 nitrogen and oxygen atoms in total. The van der Waals surface area contributed by atoms with E-state index >= 15 is 0 Å². The predicted molar refractivity (Wildman–Crippen MR) is 122 cm³/mol. The SMILES string of the molecule is CCNC(=NCC(c1ccc(F)cc1)N(C)C)N1CCCC(CC(N)=O)C1.I. The van der Waals surface area contributed by atoms with Crippen LogP contribution in [0.15, 0.2) is 29.3 Å². The van der Waals surface area contributed by atoms with Gasteiger partial charge in [-0.15, -0.1) is 24.0 Å². The van der Waals surface area contributed by atoms with E-state index in [1.165, 1.54) is 12.1 Å². The fourth-order valence-corrected chi connectivity index (χ4v) is 3.56. The highest BCUT2D eigenvalue weighted by Crippen LogP contribution is 2.21. The number of halogens is 2. The van der Waals surface area contributed by atoms with Gasteiger partial charge in [0.05, 0.1) is 12.6 Å². The molecule has 0 saturated carbocycles. The van der Waals surface area contributed by atoms with E-state index in [1.807, 2.05) is 33.2 Å². The van der Waals surface area contributed by atoms with Crippen molar-refractivity contribution in [2.24, 2.45) is 16.6 Å². The molecule has 1 heterocycles. The highest BCUT2D eigenvalue weighted by atomic mass is 127. The number of aliphatic imine (C=N–C) groups is 1. The third-order valence-corrected chi connectivity index (χ3v) is 4.94. The van der Waals surface area contributed by atoms with Crippen LogP contribution >= 0.6 is 24.0 Å². The van der Waals surface area contributed by atoms with Crippen molar-refractivity contribution in [1.29, 1.82) is 0 Å². The molecule has 0 aliphatic carbocycles. The summed E-state index contributed by atoms with van der Waals surface area (Å²) in [5.74, 6) is 0.664. The van der Waals surface area contributed by atoms with Crippen molar-refractivity contribution in [2.75, 3.05) is 40.3 Å². The summed E-state index contributed by atoms with van der Waals surface area (Å²) in [6.45, 7) is 5.10. The van der Waals surface area contributed by atoms with Crippen molar-refractivity contribution >= 4 is 35.8 Å². The molecule has 28 heavy (non-hydrogen) atoms. The van der Waals surface area contributed by atoms with Gasteiger partial charge in [0.15, 0.2) is 5.96 Å². The number of nitrogens with one attached hydrogen (secondary N) is 1. The van der Waals surface area contributed by atoms with Crippen molar-refractivity contribution < 1.29 is 9.18 Å². The number of likely N-dealkylation sites (N-methyl/N-ethyl adjacent to an activating group) is 1. The number of carbonyl (C=O) groups is 1. The first-order valence-corrected chi connectivity index (χ1v) is 9.64. The average molecular weight is 505 g/mol. The van der Waals surface area contributed by atoms with E-state index in [0.717, 1.165) is 44.0 Å². The Bertz CT molecular complexity index is 638. The highest BCUT2D eigenvalue weighted by Gasteiger charge is 2.24. The van der Waals surface area contributed by atoms with E-state index in [4.69, 9.17) is 10.7 Å². The number of carbonyl (C=O) groups excluding carboxylic acids is 1. The minimum atomic E-state index is -0.243. The summed E-state index contributed by atoms with van der Waals surface area (Å²) in [5.41, 5.74) is 6.41. The maximum absolute atomic E-state index is 13.2. The zero-order valence-corrected chi connectivity index (χ0v) is 19.4. The first-order chi connectivity index (χ1) is 12.9. The molecular weight excluding hydrogens is 472 g/mol. The fourth-order valence-electron chi connectivity index (χ4n) is 3.56. The van der Waals surface area contributed by atoms with E-state index in [0.29, 0.717) is 13.0 Å². The van der Waals surface area contributed by atoms with Gasteiger partial charge in [-0.2, -0.15) is 0 Å². The van der Waals surface area contributed by atoms with Crippen molar-refractivity contribution in [3.05, 3.63) is 35.6 Å². The molecule has 0 spiro atoms. The third kappa shape index (κ3) is 7.54. The van der Waals surface area contributed by atoms with Crippen LogP contribution in [0.3, 0.4) is 0 Å². The molecule has 0 bridgehead atoms. The van der Waals surface area contributed by atoms with Crippen LogP contribution in [-0.2, 0) is 4.79 Å². The largest absolute Gasteiger partial charge is 0.370 e. The van der Waals surface area contributed by atoms with E-state index in [9.17, 15) is 9.18 Å². The molecule has 8 heteroatoms. The lowest BCUT2D eigenvalue weighted by Crippen LogP contribution is -2.47. The van der Waals surface area contributed by atoms with Gasteiger partial charge < -0.3 is 20.9 Å². The number of likely N-dealkylation sites (tertiary alicyclic amines) is 1. The van der Waals surface area contributed by atoms with Crippen molar-refractivity contribution in [1.82, 2.24) is 15.1 Å². The Labute approximate surface area is 184 Å². The summed E-state index contributed by atoms with van der Waals surface area (Å²) < 4.78 is 13.2. The molecule has 3 N–H and O–H groups in total. The number of benzene rings is 1. The number of primary amides is 1. The van der Waals surface area contributed by atoms with E-state index in [1.54, 1.807) is 0 Å². The molecule has 158 valence electrons. The lowest BCUT2D eigenvalue weighted by Gasteiger charge is -2.35. The van der Waals surface area contributed by atoms with Crippen LogP contribution in [-0.4, -0.2) is 61.9 Å². The summed E-state index contributed by atoms with van der Waals surface area (Å²) in [6.07, 6.45) is 2.47. The van der Waals surface area contributed by atoms with Crippen molar-refractivity contribution in [3.8, 4) is 0 Å². The van der Waals surface area contributed by atoms with Crippen LogP contribution in [0.2, 0.25) is 0 Å². The Balaban J connectivity index is 0.00000392. The summed E-state index contributed by atoms with van der Waals surface area (Å²) in [7, 11) is 4.00. The van der Waals surface area contributed by atoms with Crippen LogP contribution < -0.4 is 11.1 Å². The van der Waals surface area contributed by atoms with Crippen LogP contribution in [0.25, 0.3) is 0 Å². The molecule has 1 saturated heterocycles. The minimum absolute atomic E-state index is 0. The number of hydrogen-bond donors (Lipinski definition) is 2. The van der Waals surface area contributed by atoms with Gasteiger partial charge in [0.25, 0.3) is 0 Å². The number of rotatable bonds is 7. The highest BCUT2D eigenvalue weighted by molar-refractivity contribution is 14.0. The lowest BCUT2D eigenvalue weighted by atomic mass is 9.95. The molecule has 1 aromatic rings. The smallest absolute Gasteiger partial charge is 0.217 e. The Morgan fingerprint density at radius 1 is 1.39 bits per heavy atom. The monoisotopic (exact) mass is 505 g/mol. The molecule has 2 unspecified atom stereocenters. The quantitative estimate of drug-likeness (QED) is 0.340. The number of hydrogen-bond acceptors (Lipinski definition) is 3. The molecule has 0 aromatic heterocycles. The predicted octanol–water partition coefficient (Wildman–Crippen LogP) is 2.60. The number of guanidine groups is 1. The lowest BCUT2D eigenvalue weighted by molar-refractivity contribution is -0.119. The molecule has 2 atom stereocenters. The Kier molecular flexibility index (Phi) is 10.7. The van der Waals surface area contributed by atoms with Gasteiger partial charge in [-0.3, -0.25) is 9.79 Å².